The molecule has 1 aromatic heterocycles. The van der Waals surface area contributed by atoms with Gasteiger partial charge in [0.15, 0.2) is 5.58 Å². The molecule has 1 N–H and O–H groups in total. The van der Waals surface area contributed by atoms with Gasteiger partial charge in [0.25, 0.3) is 0 Å². The predicted octanol–water partition coefficient (Wildman–Crippen LogP) is 2.57. The molecule has 0 aliphatic rings. The van der Waals surface area contributed by atoms with Gasteiger partial charge in [-0.1, -0.05) is 26.0 Å². The third kappa shape index (κ3) is 2.57. The Morgan fingerprint density at radius 3 is 2.87 bits per heavy atom. The minimum absolute atomic E-state index is 0.648. The van der Waals surface area contributed by atoms with E-state index < -0.39 is 0 Å². The summed E-state index contributed by atoms with van der Waals surface area (Å²) in [6, 6.07) is 7.83. The van der Waals surface area contributed by atoms with Gasteiger partial charge in [0, 0.05) is 0 Å². The molecule has 1 aromatic carbocycles. The molecule has 0 amide bonds. The Kier molecular flexibility index (Phi) is 3.02. The second-order valence-electron chi connectivity index (χ2n) is 4.10. The lowest BCUT2D eigenvalue weighted by molar-refractivity contribution is 0.471. The topological polar surface area (TPSA) is 38.1 Å². The average Bonchev–Trinajstić information content (AvgIpc) is 2.59. The molecular weight excluding hydrogens is 188 g/mol. The summed E-state index contributed by atoms with van der Waals surface area (Å²) in [5, 5.41) is 3.31. The lowest BCUT2D eigenvalue weighted by Crippen LogP contribution is -2.19. The van der Waals surface area contributed by atoms with Crippen molar-refractivity contribution in [3.63, 3.8) is 0 Å². The van der Waals surface area contributed by atoms with E-state index in [1.165, 1.54) is 0 Å². The molecule has 15 heavy (non-hydrogen) atoms. The highest BCUT2D eigenvalue weighted by Gasteiger charge is 2.03. The first-order valence-corrected chi connectivity index (χ1v) is 5.31. The summed E-state index contributed by atoms with van der Waals surface area (Å²) in [6.45, 7) is 6.05. The molecule has 0 aliphatic heterocycles. The van der Waals surface area contributed by atoms with Crippen molar-refractivity contribution in [2.75, 3.05) is 6.54 Å². The number of oxazole rings is 1. The first-order chi connectivity index (χ1) is 7.25. The SMILES string of the molecule is CC(C)CNCc1nc2ccccc2o1. The van der Waals surface area contributed by atoms with Gasteiger partial charge in [0.2, 0.25) is 5.89 Å². The van der Waals surface area contributed by atoms with Gasteiger partial charge in [0.1, 0.15) is 5.52 Å². The number of nitrogens with one attached hydrogen (secondary N) is 1. The van der Waals surface area contributed by atoms with E-state index in [2.05, 4.69) is 24.1 Å². The van der Waals surface area contributed by atoms with Crippen LogP contribution in [-0.4, -0.2) is 11.5 Å². The zero-order valence-electron chi connectivity index (χ0n) is 9.16. The van der Waals surface area contributed by atoms with E-state index in [4.69, 9.17) is 4.42 Å². The Hall–Kier alpha value is -1.35. The largest absolute Gasteiger partial charge is 0.439 e. The van der Waals surface area contributed by atoms with Crippen LogP contribution < -0.4 is 5.32 Å². The normalized spacial score (nSPS) is 11.4. The van der Waals surface area contributed by atoms with Gasteiger partial charge in [-0.15, -0.1) is 0 Å². The molecule has 1 heterocycles. The summed E-state index contributed by atoms with van der Waals surface area (Å²) in [4.78, 5) is 4.38. The number of nitrogens with zero attached hydrogens (tertiary/aromatic N) is 1. The van der Waals surface area contributed by atoms with E-state index in [0.717, 1.165) is 23.5 Å². The van der Waals surface area contributed by atoms with Gasteiger partial charge >= 0.3 is 0 Å². The summed E-state index contributed by atoms with van der Waals surface area (Å²) in [7, 11) is 0. The third-order valence-corrected chi connectivity index (χ3v) is 2.17. The van der Waals surface area contributed by atoms with E-state index in [9.17, 15) is 0 Å². The molecule has 0 bridgehead atoms. The van der Waals surface area contributed by atoms with Crippen LogP contribution in [0.15, 0.2) is 28.7 Å². The molecule has 3 nitrogen and oxygen atoms in total. The molecule has 0 aliphatic carbocycles. The smallest absolute Gasteiger partial charge is 0.209 e. The van der Waals surface area contributed by atoms with Crippen molar-refractivity contribution < 1.29 is 4.42 Å². The molecule has 2 rings (SSSR count). The van der Waals surface area contributed by atoms with Gasteiger partial charge in [-0.3, -0.25) is 0 Å². The number of hydrogen-bond donors (Lipinski definition) is 1. The Morgan fingerprint density at radius 2 is 2.13 bits per heavy atom. The van der Waals surface area contributed by atoms with E-state index in [-0.39, 0.29) is 0 Å². The average molecular weight is 204 g/mol. The predicted molar refractivity (Wildman–Crippen MR) is 60.6 cm³/mol. The van der Waals surface area contributed by atoms with Crippen LogP contribution in [0, 0.1) is 5.92 Å². The van der Waals surface area contributed by atoms with Gasteiger partial charge < -0.3 is 9.73 Å². The molecule has 0 saturated heterocycles. The Bertz CT molecular complexity index is 401. The highest BCUT2D eigenvalue weighted by atomic mass is 16.3. The maximum absolute atomic E-state index is 5.58. The second kappa shape index (κ2) is 4.45. The molecule has 0 radical (unpaired) electrons. The van der Waals surface area contributed by atoms with Gasteiger partial charge in [-0.05, 0) is 24.6 Å². The minimum atomic E-state index is 0.648. The Morgan fingerprint density at radius 1 is 1.33 bits per heavy atom. The van der Waals surface area contributed by atoms with Gasteiger partial charge in [-0.25, -0.2) is 4.98 Å². The first kappa shape index (κ1) is 10.2. The van der Waals surface area contributed by atoms with Crippen molar-refractivity contribution in [3.8, 4) is 0 Å². The van der Waals surface area contributed by atoms with Gasteiger partial charge in [0.05, 0.1) is 6.54 Å². The fourth-order valence-corrected chi connectivity index (χ4v) is 1.46. The number of aromatic nitrogens is 1. The Balaban J connectivity index is 2.03. The molecule has 0 fully saturated rings. The monoisotopic (exact) mass is 204 g/mol. The molecular formula is C12H16N2O. The van der Waals surface area contributed by atoms with Crippen molar-refractivity contribution in [2.24, 2.45) is 5.92 Å². The third-order valence-electron chi connectivity index (χ3n) is 2.17. The maximum Gasteiger partial charge on any atom is 0.209 e. The molecule has 2 aromatic rings. The zero-order valence-corrected chi connectivity index (χ0v) is 9.16. The Labute approximate surface area is 89.5 Å². The van der Waals surface area contributed by atoms with Crippen LogP contribution in [0.3, 0.4) is 0 Å². The maximum atomic E-state index is 5.58. The van der Waals surface area contributed by atoms with Crippen LogP contribution >= 0.6 is 0 Å². The summed E-state index contributed by atoms with van der Waals surface area (Å²) in [5.41, 5.74) is 1.79. The lowest BCUT2D eigenvalue weighted by atomic mass is 10.2. The fourth-order valence-electron chi connectivity index (χ4n) is 1.46. The van der Waals surface area contributed by atoms with Gasteiger partial charge in [-0.2, -0.15) is 0 Å². The summed E-state index contributed by atoms with van der Waals surface area (Å²) in [6.07, 6.45) is 0. The van der Waals surface area contributed by atoms with E-state index >= 15 is 0 Å². The summed E-state index contributed by atoms with van der Waals surface area (Å²) in [5.74, 6) is 1.41. The van der Waals surface area contributed by atoms with Crippen LogP contribution in [0.4, 0.5) is 0 Å². The summed E-state index contributed by atoms with van der Waals surface area (Å²) < 4.78 is 5.58. The fraction of sp³-hybridized carbons (Fsp3) is 0.417. The standard InChI is InChI=1S/C12H16N2O/c1-9(2)7-13-8-12-14-10-5-3-4-6-11(10)15-12/h3-6,9,13H,7-8H2,1-2H3. The molecule has 0 atom stereocenters. The number of hydrogen-bond acceptors (Lipinski definition) is 3. The second-order valence-corrected chi connectivity index (χ2v) is 4.10. The number of para-hydroxylation sites is 2. The number of rotatable bonds is 4. The molecule has 0 unspecified atom stereocenters. The molecule has 0 spiro atoms. The molecule has 3 heteroatoms. The number of benzene rings is 1. The first-order valence-electron chi connectivity index (χ1n) is 5.31. The molecule has 80 valence electrons. The van der Waals surface area contributed by atoms with Crippen LogP contribution in [0.25, 0.3) is 11.1 Å². The van der Waals surface area contributed by atoms with E-state index in [0.29, 0.717) is 12.5 Å². The highest BCUT2D eigenvalue weighted by Crippen LogP contribution is 2.14. The van der Waals surface area contributed by atoms with Crippen LogP contribution in [0.2, 0.25) is 0 Å². The highest BCUT2D eigenvalue weighted by molar-refractivity contribution is 5.72. The minimum Gasteiger partial charge on any atom is -0.439 e. The quantitative estimate of drug-likeness (QED) is 0.831. The van der Waals surface area contributed by atoms with Crippen molar-refractivity contribution in [3.05, 3.63) is 30.2 Å². The van der Waals surface area contributed by atoms with E-state index in [1.54, 1.807) is 0 Å². The zero-order chi connectivity index (χ0) is 10.7. The molecule has 0 saturated carbocycles. The van der Waals surface area contributed by atoms with Crippen molar-refractivity contribution in [2.45, 2.75) is 20.4 Å². The van der Waals surface area contributed by atoms with Crippen LogP contribution in [0.5, 0.6) is 0 Å². The summed E-state index contributed by atoms with van der Waals surface area (Å²) >= 11 is 0. The van der Waals surface area contributed by atoms with Crippen LogP contribution in [0.1, 0.15) is 19.7 Å². The van der Waals surface area contributed by atoms with Crippen molar-refractivity contribution >= 4 is 11.1 Å². The number of fused-ring (bicyclic) bond motifs is 1. The van der Waals surface area contributed by atoms with E-state index in [1.807, 2.05) is 24.3 Å². The lowest BCUT2D eigenvalue weighted by Gasteiger charge is -2.03. The van der Waals surface area contributed by atoms with Crippen LogP contribution in [-0.2, 0) is 6.54 Å². The van der Waals surface area contributed by atoms with Crippen molar-refractivity contribution in [1.29, 1.82) is 0 Å². The van der Waals surface area contributed by atoms with Crippen molar-refractivity contribution in [1.82, 2.24) is 10.3 Å².